The van der Waals surface area contributed by atoms with Crippen LogP contribution in [0.2, 0.25) is 0 Å². The summed E-state index contributed by atoms with van der Waals surface area (Å²) < 4.78 is 7.14. The highest BCUT2D eigenvalue weighted by Gasteiger charge is 2.26. The van der Waals surface area contributed by atoms with Crippen LogP contribution < -0.4 is 0 Å². The minimum Gasteiger partial charge on any atom is -0.468 e. The second-order valence-corrected chi connectivity index (χ2v) is 7.45. The number of hydrogen-bond donors (Lipinski definition) is 0. The molecule has 0 bridgehead atoms. The molecular weight excluding hydrogens is 338 g/mol. The summed E-state index contributed by atoms with van der Waals surface area (Å²) in [4.78, 5) is 23.3. The van der Waals surface area contributed by atoms with Gasteiger partial charge in [0.2, 0.25) is 5.82 Å². The fourth-order valence-corrected chi connectivity index (χ4v) is 4.25. The molecule has 3 aromatic rings. The van der Waals surface area contributed by atoms with Gasteiger partial charge in [-0.1, -0.05) is 0 Å². The summed E-state index contributed by atoms with van der Waals surface area (Å²) in [6, 6.07) is 5.82. The minimum atomic E-state index is -0.136. The van der Waals surface area contributed by atoms with Crippen LogP contribution in [0.25, 0.3) is 5.78 Å². The van der Waals surface area contributed by atoms with Gasteiger partial charge in [0.15, 0.2) is 0 Å². The average molecular weight is 357 g/mol. The van der Waals surface area contributed by atoms with E-state index in [4.69, 9.17) is 4.42 Å². The number of aromatic nitrogens is 4. The van der Waals surface area contributed by atoms with Crippen molar-refractivity contribution in [2.75, 3.05) is 18.8 Å². The minimum absolute atomic E-state index is 0.136. The molecule has 0 unspecified atom stereocenters. The molecule has 4 rings (SSSR count). The fraction of sp³-hybridized carbons (Fsp3) is 0.412. The first-order valence-electron chi connectivity index (χ1n) is 8.27. The zero-order valence-corrected chi connectivity index (χ0v) is 15.0. The van der Waals surface area contributed by atoms with E-state index in [1.165, 1.54) is 0 Å². The van der Waals surface area contributed by atoms with Gasteiger partial charge in [0.1, 0.15) is 5.76 Å². The number of carbonyl (C=O) groups excluding carboxylic acids is 1. The lowest BCUT2D eigenvalue weighted by atomic mass is 10.2. The summed E-state index contributed by atoms with van der Waals surface area (Å²) in [5.41, 5.74) is 1.78. The Labute approximate surface area is 149 Å². The Hall–Kier alpha value is -2.35. The maximum Gasteiger partial charge on any atom is 0.293 e. The summed E-state index contributed by atoms with van der Waals surface area (Å²) in [6.07, 6.45) is 2.55. The predicted octanol–water partition coefficient (Wildman–Crippen LogP) is 2.65. The van der Waals surface area contributed by atoms with Gasteiger partial charge < -0.3 is 9.32 Å². The highest BCUT2D eigenvalue weighted by atomic mass is 32.2. The van der Waals surface area contributed by atoms with Gasteiger partial charge in [-0.15, -0.1) is 16.9 Å². The van der Waals surface area contributed by atoms with E-state index in [9.17, 15) is 4.79 Å². The Balaban J connectivity index is 1.54. The molecule has 1 amide bonds. The van der Waals surface area contributed by atoms with Gasteiger partial charge in [0, 0.05) is 30.2 Å². The van der Waals surface area contributed by atoms with Crippen LogP contribution >= 0.6 is 11.8 Å². The first-order chi connectivity index (χ1) is 12.1. The molecular formula is C17H19N5O2S. The highest BCUT2D eigenvalue weighted by molar-refractivity contribution is 7.99. The van der Waals surface area contributed by atoms with Crippen LogP contribution in [-0.2, 0) is 0 Å². The predicted molar refractivity (Wildman–Crippen MR) is 94.7 cm³/mol. The van der Waals surface area contributed by atoms with Crippen LogP contribution in [0.15, 0.2) is 28.9 Å². The van der Waals surface area contributed by atoms with E-state index in [2.05, 4.69) is 15.1 Å². The van der Waals surface area contributed by atoms with Crippen molar-refractivity contribution in [2.24, 2.45) is 0 Å². The molecule has 0 N–H and O–H groups in total. The van der Waals surface area contributed by atoms with Crippen molar-refractivity contribution in [3.63, 3.8) is 0 Å². The molecule has 0 aliphatic carbocycles. The van der Waals surface area contributed by atoms with Crippen molar-refractivity contribution in [3.8, 4) is 0 Å². The molecule has 1 atom stereocenters. The molecule has 3 aromatic heterocycles. The molecule has 130 valence electrons. The second kappa shape index (κ2) is 6.51. The number of nitrogens with zero attached hydrogens (tertiary/aromatic N) is 5. The Kier molecular flexibility index (Phi) is 4.20. The number of carbonyl (C=O) groups is 1. The SMILES string of the molecule is Cc1cc(C)n2nc(C(=O)N3CCS[C@@H](c4ccco4)CC3)nc2n1. The summed E-state index contributed by atoms with van der Waals surface area (Å²) >= 11 is 1.82. The topological polar surface area (TPSA) is 76.5 Å². The average Bonchev–Trinajstić information content (AvgIpc) is 3.19. The molecule has 1 aliphatic heterocycles. The normalized spacial score (nSPS) is 18.5. The van der Waals surface area contributed by atoms with Crippen LogP contribution in [0.1, 0.15) is 39.4 Å². The molecule has 4 heterocycles. The van der Waals surface area contributed by atoms with E-state index >= 15 is 0 Å². The molecule has 0 saturated carbocycles. The number of fused-ring (bicyclic) bond motifs is 1. The lowest BCUT2D eigenvalue weighted by molar-refractivity contribution is 0.0754. The van der Waals surface area contributed by atoms with Gasteiger partial charge in [0.25, 0.3) is 11.7 Å². The zero-order chi connectivity index (χ0) is 17.4. The van der Waals surface area contributed by atoms with Crippen LogP contribution in [0.5, 0.6) is 0 Å². The number of thioether (sulfide) groups is 1. The van der Waals surface area contributed by atoms with E-state index in [0.717, 1.165) is 29.3 Å². The molecule has 0 spiro atoms. The third-order valence-corrected chi connectivity index (χ3v) is 5.59. The Morgan fingerprint density at radius 2 is 2.20 bits per heavy atom. The monoisotopic (exact) mass is 357 g/mol. The lowest BCUT2D eigenvalue weighted by Gasteiger charge is -2.18. The molecule has 1 fully saturated rings. The molecule has 0 aromatic carbocycles. The first-order valence-corrected chi connectivity index (χ1v) is 9.32. The van der Waals surface area contributed by atoms with E-state index in [-0.39, 0.29) is 17.0 Å². The summed E-state index contributed by atoms with van der Waals surface area (Å²) in [6.45, 7) is 5.19. The van der Waals surface area contributed by atoms with Crippen molar-refractivity contribution in [2.45, 2.75) is 25.5 Å². The van der Waals surface area contributed by atoms with Gasteiger partial charge in [0.05, 0.1) is 11.5 Å². The van der Waals surface area contributed by atoms with Gasteiger partial charge in [-0.25, -0.2) is 9.50 Å². The Morgan fingerprint density at radius 3 is 3.00 bits per heavy atom. The number of aryl methyl sites for hydroxylation is 2. The van der Waals surface area contributed by atoms with Crippen LogP contribution in [0.3, 0.4) is 0 Å². The van der Waals surface area contributed by atoms with Gasteiger partial charge in [-0.05, 0) is 38.5 Å². The molecule has 7 nitrogen and oxygen atoms in total. The van der Waals surface area contributed by atoms with Crippen molar-refractivity contribution < 1.29 is 9.21 Å². The smallest absolute Gasteiger partial charge is 0.293 e. The van der Waals surface area contributed by atoms with E-state index in [1.54, 1.807) is 10.8 Å². The van der Waals surface area contributed by atoms with Crippen molar-refractivity contribution in [1.29, 1.82) is 0 Å². The number of hydrogen-bond acceptors (Lipinski definition) is 6. The van der Waals surface area contributed by atoms with Crippen LogP contribution in [-0.4, -0.2) is 49.2 Å². The zero-order valence-electron chi connectivity index (χ0n) is 14.2. The van der Waals surface area contributed by atoms with E-state index in [0.29, 0.717) is 18.9 Å². The number of furan rings is 1. The third kappa shape index (κ3) is 3.13. The highest BCUT2D eigenvalue weighted by Crippen LogP contribution is 2.34. The van der Waals surface area contributed by atoms with Gasteiger partial charge in [-0.3, -0.25) is 4.79 Å². The van der Waals surface area contributed by atoms with E-state index in [1.807, 2.05) is 48.7 Å². The molecule has 25 heavy (non-hydrogen) atoms. The van der Waals surface area contributed by atoms with Crippen LogP contribution in [0.4, 0.5) is 0 Å². The van der Waals surface area contributed by atoms with Crippen LogP contribution in [0, 0.1) is 13.8 Å². The van der Waals surface area contributed by atoms with Gasteiger partial charge >= 0.3 is 0 Å². The molecule has 1 saturated heterocycles. The first kappa shape index (κ1) is 16.1. The summed E-state index contributed by atoms with van der Waals surface area (Å²) in [5, 5.41) is 4.64. The third-order valence-electron chi connectivity index (χ3n) is 4.30. The van der Waals surface area contributed by atoms with E-state index < -0.39 is 0 Å². The molecule has 8 heteroatoms. The maximum absolute atomic E-state index is 12.8. The standard InChI is InChI=1S/C17H19N5O2S/c1-11-10-12(2)22-17(18-11)19-15(20-22)16(23)21-6-5-14(25-9-7-21)13-4-3-8-24-13/h3-4,8,10,14H,5-7,9H2,1-2H3/t14-/m1/s1. The number of amides is 1. The maximum atomic E-state index is 12.8. The van der Waals surface area contributed by atoms with Gasteiger partial charge in [-0.2, -0.15) is 4.98 Å². The summed E-state index contributed by atoms with van der Waals surface area (Å²) in [5.74, 6) is 2.38. The lowest BCUT2D eigenvalue weighted by Crippen LogP contribution is -2.33. The largest absolute Gasteiger partial charge is 0.468 e. The van der Waals surface area contributed by atoms with Crippen molar-refractivity contribution in [3.05, 3.63) is 47.4 Å². The molecule has 0 radical (unpaired) electrons. The Bertz CT molecular complexity index is 905. The molecule has 1 aliphatic rings. The summed E-state index contributed by atoms with van der Waals surface area (Å²) in [7, 11) is 0. The quantitative estimate of drug-likeness (QED) is 0.702. The van der Waals surface area contributed by atoms with Crippen molar-refractivity contribution >= 4 is 23.4 Å². The van der Waals surface area contributed by atoms with Crippen molar-refractivity contribution in [1.82, 2.24) is 24.5 Å². The number of rotatable bonds is 2. The Morgan fingerprint density at radius 1 is 1.32 bits per heavy atom. The second-order valence-electron chi connectivity index (χ2n) is 6.14. The fourth-order valence-electron chi connectivity index (χ4n) is 3.07.